The minimum atomic E-state index is 0. The van der Waals surface area contributed by atoms with Crippen molar-refractivity contribution in [2.24, 2.45) is 0 Å². The average molecular weight is 175 g/mol. The maximum absolute atomic E-state index is 0. The van der Waals surface area contributed by atoms with Crippen LogP contribution in [-0.2, 0) is 18.6 Å². The van der Waals surface area contributed by atoms with Crippen LogP contribution in [0.3, 0.4) is 0 Å². The molecule has 0 aromatic heterocycles. The van der Waals surface area contributed by atoms with Gasteiger partial charge in [-0.15, -0.1) is 0 Å². The van der Waals surface area contributed by atoms with Gasteiger partial charge in [0.15, 0.2) is 0 Å². The van der Waals surface area contributed by atoms with Gasteiger partial charge in [0.05, 0.1) is 0 Å². The molecule has 0 heterocycles. The molecular weight excluding hydrogens is 171 g/mol. The fourth-order valence-electron chi connectivity index (χ4n) is 0. The average Bonchev–Trinajstić information content (AvgIpc) is 0. The van der Waals surface area contributed by atoms with E-state index in [1.165, 1.54) is 0 Å². The SMILES string of the molecule is [Cl-].[Cl-].[Cl-].[NH4+].[V+2]. The van der Waals surface area contributed by atoms with Crippen molar-refractivity contribution in [2.75, 3.05) is 0 Å². The Kier molecular flexibility index (Phi) is 991. The van der Waals surface area contributed by atoms with Crippen molar-refractivity contribution in [1.82, 2.24) is 6.15 Å². The van der Waals surface area contributed by atoms with Gasteiger partial charge in [-0.25, -0.2) is 0 Å². The molecule has 0 saturated heterocycles. The molecule has 0 aliphatic carbocycles. The summed E-state index contributed by atoms with van der Waals surface area (Å²) in [5.41, 5.74) is 0. The molecule has 4 N–H and O–H groups in total. The van der Waals surface area contributed by atoms with E-state index in [2.05, 4.69) is 0 Å². The van der Waals surface area contributed by atoms with Crippen LogP contribution in [0.25, 0.3) is 0 Å². The Morgan fingerprint density at radius 3 is 0.600 bits per heavy atom. The van der Waals surface area contributed by atoms with E-state index in [1.54, 1.807) is 0 Å². The monoisotopic (exact) mass is 174 g/mol. The van der Waals surface area contributed by atoms with Gasteiger partial charge in [-0.2, -0.15) is 0 Å². The number of hydrogen-bond acceptors (Lipinski definition) is 0. The number of hydrogen-bond donors (Lipinski definition) is 1. The van der Waals surface area contributed by atoms with E-state index >= 15 is 0 Å². The molecule has 0 saturated carbocycles. The Bertz CT molecular complexity index is 6.85. The van der Waals surface area contributed by atoms with Gasteiger partial charge in [-0.1, -0.05) is 0 Å². The van der Waals surface area contributed by atoms with Crippen molar-refractivity contribution >= 4 is 0 Å². The van der Waals surface area contributed by atoms with Gasteiger partial charge in [0, 0.05) is 0 Å². The summed E-state index contributed by atoms with van der Waals surface area (Å²) in [5, 5.41) is 0. The molecule has 1 radical (unpaired) electrons. The zero-order chi connectivity index (χ0) is 0. The second-order valence-corrected chi connectivity index (χ2v) is 0. The maximum atomic E-state index is 0. The predicted octanol–water partition coefficient (Wildman–Crippen LogP) is -8.61. The molecule has 0 unspecified atom stereocenters. The molecule has 0 aliphatic rings. The van der Waals surface area contributed by atoms with E-state index in [9.17, 15) is 0 Å². The largest absolute Gasteiger partial charge is 2.00 e. The molecule has 0 aliphatic heterocycles. The maximum Gasteiger partial charge on any atom is 2.00 e. The third-order valence-corrected chi connectivity index (χ3v) is 0. The first kappa shape index (κ1) is 94.0. The number of quaternary nitrogens is 1. The second-order valence-electron chi connectivity index (χ2n) is 0. The summed E-state index contributed by atoms with van der Waals surface area (Å²) in [5.74, 6) is 0. The summed E-state index contributed by atoms with van der Waals surface area (Å²) >= 11 is 0. The molecule has 0 rings (SSSR count). The standard InChI is InChI=1S/3ClH.H3N.V/h3*1H;1H3;/q;;;;+2/p-2. The first-order valence-electron chi connectivity index (χ1n) is 0. The van der Waals surface area contributed by atoms with Crippen LogP contribution in [0.4, 0.5) is 0 Å². The predicted molar refractivity (Wildman–Crippen MR) is 5.98 cm³/mol. The van der Waals surface area contributed by atoms with Crippen LogP contribution in [0, 0.1) is 0 Å². The van der Waals surface area contributed by atoms with Gasteiger partial charge in [0.25, 0.3) is 0 Å². The molecule has 0 spiro atoms. The molecule has 0 atom stereocenters. The van der Waals surface area contributed by atoms with Gasteiger partial charge >= 0.3 is 18.6 Å². The van der Waals surface area contributed by atoms with Gasteiger partial charge in [0.2, 0.25) is 0 Å². The summed E-state index contributed by atoms with van der Waals surface area (Å²) in [6.07, 6.45) is 0. The van der Waals surface area contributed by atoms with Crippen molar-refractivity contribution in [3.8, 4) is 0 Å². The van der Waals surface area contributed by atoms with E-state index < -0.39 is 0 Å². The van der Waals surface area contributed by atoms with Gasteiger partial charge in [-0.05, 0) is 0 Å². The van der Waals surface area contributed by atoms with Crippen LogP contribution in [0.5, 0.6) is 0 Å². The molecule has 5 heavy (non-hydrogen) atoms. The van der Waals surface area contributed by atoms with Crippen LogP contribution in [0.15, 0.2) is 0 Å². The summed E-state index contributed by atoms with van der Waals surface area (Å²) in [7, 11) is 0. The molecular formula is H4Cl3NV. The number of rotatable bonds is 0. The Balaban J connectivity index is 0. The Morgan fingerprint density at radius 2 is 0.600 bits per heavy atom. The number of halogens is 3. The van der Waals surface area contributed by atoms with E-state index in [0.717, 1.165) is 0 Å². The normalized spacial score (nSPS) is 0. The van der Waals surface area contributed by atoms with Crippen LogP contribution >= 0.6 is 0 Å². The molecule has 1 nitrogen and oxygen atoms in total. The van der Waals surface area contributed by atoms with Gasteiger partial charge < -0.3 is 43.4 Å². The molecule has 5 heteroatoms. The topological polar surface area (TPSA) is 36.5 Å². The first-order chi connectivity index (χ1) is 0. The fraction of sp³-hybridized carbons (Fsp3) is 0. The third-order valence-electron chi connectivity index (χ3n) is 0. The van der Waals surface area contributed by atoms with Crippen molar-refractivity contribution < 1.29 is 55.8 Å². The minimum Gasteiger partial charge on any atom is -1.00 e. The minimum absolute atomic E-state index is 0. The van der Waals surface area contributed by atoms with Crippen molar-refractivity contribution in [2.45, 2.75) is 0 Å². The second kappa shape index (κ2) is 52.7. The zero-order valence-corrected chi connectivity index (χ0v) is 6.25. The summed E-state index contributed by atoms with van der Waals surface area (Å²) in [6.45, 7) is 0. The van der Waals surface area contributed by atoms with E-state index in [4.69, 9.17) is 0 Å². The first-order valence-corrected chi connectivity index (χ1v) is 0. The van der Waals surface area contributed by atoms with Crippen molar-refractivity contribution in [3.63, 3.8) is 0 Å². The van der Waals surface area contributed by atoms with Gasteiger partial charge in [-0.3, -0.25) is 0 Å². The molecule has 0 aromatic rings. The van der Waals surface area contributed by atoms with Crippen molar-refractivity contribution in [3.05, 3.63) is 0 Å². The zero-order valence-electron chi connectivity index (χ0n) is 2.58. The molecule has 35 valence electrons. The molecule has 0 aromatic carbocycles. The smallest absolute Gasteiger partial charge is 1.00 e. The van der Waals surface area contributed by atoms with E-state index in [0.29, 0.717) is 0 Å². The Hall–Kier alpha value is 1.41. The summed E-state index contributed by atoms with van der Waals surface area (Å²) < 4.78 is 0. The van der Waals surface area contributed by atoms with Crippen molar-refractivity contribution in [1.29, 1.82) is 0 Å². The van der Waals surface area contributed by atoms with Crippen LogP contribution in [0.2, 0.25) is 0 Å². The summed E-state index contributed by atoms with van der Waals surface area (Å²) in [6, 6.07) is 0. The summed E-state index contributed by atoms with van der Waals surface area (Å²) in [4.78, 5) is 0. The Morgan fingerprint density at radius 1 is 0.600 bits per heavy atom. The van der Waals surface area contributed by atoms with Crippen LogP contribution in [-0.4, -0.2) is 0 Å². The third kappa shape index (κ3) is 31.6. The van der Waals surface area contributed by atoms with E-state index in [-0.39, 0.29) is 61.9 Å². The van der Waals surface area contributed by atoms with E-state index in [1.807, 2.05) is 0 Å². The quantitative estimate of drug-likeness (QED) is 0.380. The molecule has 0 fully saturated rings. The molecule has 0 amide bonds. The van der Waals surface area contributed by atoms with Crippen LogP contribution < -0.4 is 43.4 Å². The van der Waals surface area contributed by atoms with Crippen LogP contribution in [0.1, 0.15) is 0 Å². The fourth-order valence-corrected chi connectivity index (χ4v) is 0. The Labute approximate surface area is 62.0 Å². The molecule has 0 bridgehead atoms. The van der Waals surface area contributed by atoms with Gasteiger partial charge in [0.1, 0.15) is 0 Å².